The lowest BCUT2D eigenvalue weighted by atomic mass is 9.52. The van der Waals surface area contributed by atoms with E-state index in [4.69, 9.17) is 14.2 Å². The van der Waals surface area contributed by atoms with Crippen molar-refractivity contribution in [3.63, 3.8) is 0 Å². The molecule has 1 aliphatic heterocycles. The van der Waals surface area contributed by atoms with Crippen molar-refractivity contribution >= 4 is 52.9 Å². The number of fused-ring (bicyclic) bond motifs is 4. The van der Waals surface area contributed by atoms with E-state index in [-0.39, 0.29) is 53.5 Å². The Balaban J connectivity index is 1.89. The third-order valence-corrected chi connectivity index (χ3v) is 9.73. The SMILES string of the molecule is COC[C@H]1OC(=O)C(CSCC(NC(C)=O)C(=O)O)=C2C(=O)C(=O)C3=C([C@H](OC(C)=O)C[C@]4(C)C(=O)CCC34)[C@]21C. The van der Waals surface area contributed by atoms with Gasteiger partial charge in [-0.25, -0.2) is 9.59 Å². The number of cyclic esters (lactones) is 1. The predicted molar refractivity (Wildman–Crippen MR) is 143 cm³/mol. The number of methoxy groups -OCH3 is 1. The van der Waals surface area contributed by atoms with E-state index in [1.807, 2.05) is 0 Å². The topological polar surface area (TPSA) is 179 Å². The summed E-state index contributed by atoms with van der Waals surface area (Å²) in [6, 6.07) is -1.25. The quantitative estimate of drug-likeness (QED) is 0.287. The smallest absolute Gasteiger partial charge is 0.335 e. The fourth-order valence-electron chi connectivity index (χ4n) is 6.83. The molecule has 12 nitrogen and oxygen atoms in total. The zero-order valence-electron chi connectivity index (χ0n) is 23.5. The largest absolute Gasteiger partial charge is 0.480 e. The zero-order valence-corrected chi connectivity index (χ0v) is 24.3. The van der Waals surface area contributed by atoms with Gasteiger partial charge in [-0.15, -0.1) is 0 Å². The van der Waals surface area contributed by atoms with Gasteiger partial charge in [-0.1, -0.05) is 6.92 Å². The fourth-order valence-corrected chi connectivity index (χ4v) is 7.88. The summed E-state index contributed by atoms with van der Waals surface area (Å²) in [5.41, 5.74) is -2.19. The van der Waals surface area contributed by atoms with Crippen molar-refractivity contribution in [2.24, 2.45) is 16.7 Å². The maximum atomic E-state index is 13.9. The van der Waals surface area contributed by atoms with Crippen LogP contribution >= 0.6 is 11.8 Å². The van der Waals surface area contributed by atoms with E-state index in [2.05, 4.69) is 5.32 Å². The minimum atomic E-state index is -1.43. The molecule has 0 aromatic rings. The van der Waals surface area contributed by atoms with Gasteiger partial charge in [0.05, 0.1) is 17.6 Å². The van der Waals surface area contributed by atoms with E-state index in [1.54, 1.807) is 13.8 Å². The second kappa shape index (κ2) is 11.2. The molecule has 0 spiro atoms. The molecule has 0 aromatic carbocycles. The maximum Gasteiger partial charge on any atom is 0.335 e. The molecule has 2 N–H and O–H groups in total. The Morgan fingerprint density at radius 1 is 1.15 bits per heavy atom. The monoisotopic (exact) mass is 591 g/mol. The zero-order chi connectivity index (χ0) is 30.4. The number of amides is 1. The summed E-state index contributed by atoms with van der Waals surface area (Å²) in [6.07, 6.45) is -1.43. The first-order valence-electron chi connectivity index (χ1n) is 13.2. The molecule has 6 atom stereocenters. The van der Waals surface area contributed by atoms with Gasteiger partial charge in [0.2, 0.25) is 17.5 Å². The lowest BCUT2D eigenvalue weighted by Crippen LogP contribution is -2.59. The molecule has 2 unspecified atom stereocenters. The summed E-state index contributed by atoms with van der Waals surface area (Å²) in [4.78, 5) is 89.3. The molecule has 0 aromatic heterocycles. The minimum Gasteiger partial charge on any atom is -0.480 e. The van der Waals surface area contributed by atoms with Crippen LogP contribution in [-0.4, -0.2) is 89.7 Å². The number of ether oxygens (including phenoxy) is 3. The third-order valence-electron chi connectivity index (χ3n) is 8.67. The van der Waals surface area contributed by atoms with Crippen LogP contribution < -0.4 is 5.32 Å². The highest BCUT2D eigenvalue weighted by atomic mass is 32.2. The molecule has 0 bridgehead atoms. The number of ketones is 3. The highest BCUT2D eigenvalue weighted by Crippen LogP contribution is 2.61. The summed E-state index contributed by atoms with van der Waals surface area (Å²) in [6.45, 7) is 5.62. The Labute approximate surface area is 240 Å². The third kappa shape index (κ3) is 5.03. The number of carbonyl (C=O) groups is 7. The number of carboxylic acids is 1. The highest BCUT2D eigenvalue weighted by molar-refractivity contribution is 7.99. The lowest BCUT2D eigenvalue weighted by Gasteiger charge is -2.53. The van der Waals surface area contributed by atoms with E-state index in [0.717, 1.165) is 11.8 Å². The number of hydrogen-bond donors (Lipinski definition) is 2. The van der Waals surface area contributed by atoms with Crippen LogP contribution in [0.4, 0.5) is 0 Å². The van der Waals surface area contributed by atoms with Gasteiger partial charge in [0, 0.05) is 67.8 Å². The summed E-state index contributed by atoms with van der Waals surface area (Å²) in [5, 5.41) is 11.7. The van der Waals surface area contributed by atoms with Crippen LogP contribution in [0.25, 0.3) is 0 Å². The number of nitrogens with one attached hydrogen (secondary N) is 1. The molecule has 3 aliphatic carbocycles. The van der Waals surface area contributed by atoms with Crippen LogP contribution in [-0.2, 0) is 47.8 Å². The van der Waals surface area contributed by atoms with E-state index in [0.29, 0.717) is 12.0 Å². The molecule has 0 radical (unpaired) electrons. The molecule has 13 heteroatoms. The van der Waals surface area contributed by atoms with Crippen molar-refractivity contribution in [2.75, 3.05) is 25.2 Å². The number of allylic oxidation sites excluding steroid dienone is 1. The van der Waals surface area contributed by atoms with Crippen LogP contribution in [0.5, 0.6) is 0 Å². The molecular weight excluding hydrogens is 558 g/mol. The molecule has 1 heterocycles. The average Bonchev–Trinajstić information content (AvgIpc) is 3.17. The van der Waals surface area contributed by atoms with Crippen LogP contribution in [0, 0.1) is 16.7 Å². The summed E-state index contributed by atoms with van der Waals surface area (Å²) < 4.78 is 16.9. The Morgan fingerprint density at radius 2 is 1.83 bits per heavy atom. The normalized spacial score (nSPS) is 31.7. The predicted octanol–water partition coefficient (Wildman–Crippen LogP) is 0.953. The number of aliphatic carboxylic acids is 1. The first-order valence-corrected chi connectivity index (χ1v) is 14.4. The van der Waals surface area contributed by atoms with Crippen molar-refractivity contribution < 1.29 is 52.9 Å². The molecule has 222 valence electrons. The Hall–Kier alpha value is -3.32. The lowest BCUT2D eigenvalue weighted by molar-refractivity contribution is -0.161. The fraction of sp³-hybridized carbons (Fsp3) is 0.607. The van der Waals surface area contributed by atoms with Gasteiger partial charge in [0.15, 0.2) is 0 Å². The van der Waals surface area contributed by atoms with Gasteiger partial charge in [0.1, 0.15) is 24.0 Å². The van der Waals surface area contributed by atoms with Crippen molar-refractivity contribution in [2.45, 2.75) is 65.2 Å². The van der Waals surface area contributed by atoms with Crippen LogP contribution in [0.3, 0.4) is 0 Å². The second-order valence-electron chi connectivity index (χ2n) is 11.2. The van der Waals surface area contributed by atoms with Crippen LogP contribution in [0.1, 0.15) is 47.0 Å². The van der Waals surface area contributed by atoms with Gasteiger partial charge in [-0.3, -0.25) is 24.0 Å². The van der Waals surface area contributed by atoms with E-state index < -0.39 is 70.4 Å². The molecule has 1 fully saturated rings. The minimum absolute atomic E-state index is 0.0781. The molecule has 4 rings (SSSR count). The molecule has 41 heavy (non-hydrogen) atoms. The Bertz CT molecular complexity index is 1320. The van der Waals surface area contributed by atoms with Crippen molar-refractivity contribution in [1.82, 2.24) is 5.32 Å². The summed E-state index contributed by atoms with van der Waals surface area (Å²) in [7, 11) is 1.39. The van der Waals surface area contributed by atoms with Crippen LogP contribution in [0.15, 0.2) is 22.3 Å². The van der Waals surface area contributed by atoms with Crippen molar-refractivity contribution in [3.05, 3.63) is 22.3 Å². The van der Waals surface area contributed by atoms with Gasteiger partial charge in [-0.2, -0.15) is 11.8 Å². The molecular formula is C28H33NO11S. The van der Waals surface area contributed by atoms with Gasteiger partial charge >= 0.3 is 17.9 Å². The average molecular weight is 592 g/mol. The summed E-state index contributed by atoms with van der Waals surface area (Å²) in [5.74, 6) is -6.07. The molecule has 4 aliphatic rings. The molecule has 1 amide bonds. The van der Waals surface area contributed by atoms with E-state index in [1.165, 1.54) is 21.0 Å². The molecule has 1 saturated carbocycles. The van der Waals surface area contributed by atoms with E-state index >= 15 is 0 Å². The number of carboxylic acid groups (broad SMARTS) is 1. The Kier molecular flexibility index (Phi) is 8.34. The van der Waals surface area contributed by atoms with Crippen molar-refractivity contribution in [1.29, 1.82) is 0 Å². The van der Waals surface area contributed by atoms with Crippen molar-refractivity contribution in [3.8, 4) is 0 Å². The number of hydrogen-bond acceptors (Lipinski definition) is 11. The first-order chi connectivity index (χ1) is 19.2. The van der Waals surface area contributed by atoms with E-state index in [9.17, 15) is 38.7 Å². The number of esters is 2. The molecule has 0 saturated heterocycles. The van der Waals surface area contributed by atoms with Crippen LogP contribution in [0.2, 0.25) is 0 Å². The number of rotatable bonds is 9. The van der Waals surface area contributed by atoms with Gasteiger partial charge in [-0.05, 0) is 18.9 Å². The van der Waals surface area contributed by atoms with Gasteiger partial charge in [0.25, 0.3) is 0 Å². The first kappa shape index (κ1) is 30.6. The van der Waals surface area contributed by atoms with Gasteiger partial charge < -0.3 is 24.6 Å². The number of thioether (sulfide) groups is 1. The number of Topliss-reactive ketones (excluding diaryl/α,β-unsaturated/α-hetero) is 3. The standard InChI is InChI=1S/C28H33NO11S/c1-12(30)29-16(25(35)36)11-41-10-14-21-24(34)23(33)20-15-6-7-18(32)27(15,3)8-17(39-13(2)31)22(20)28(21,4)19(9-38-5)40-26(14)37/h15-17,19H,6-11H2,1-5H3,(H,29,30)(H,35,36)/t15?,16?,17-,19-,27+,28+/m1/s1. The maximum absolute atomic E-state index is 13.9. The number of carbonyl (C=O) groups excluding carboxylic acids is 6. The summed E-state index contributed by atoms with van der Waals surface area (Å²) >= 11 is 0.975. The Morgan fingerprint density at radius 3 is 2.41 bits per heavy atom. The highest BCUT2D eigenvalue weighted by Gasteiger charge is 2.65. The second-order valence-corrected chi connectivity index (χ2v) is 12.3.